The van der Waals surface area contributed by atoms with Crippen LogP contribution in [0.25, 0.3) is 0 Å². The Balaban J connectivity index is 2.26. The van der Waals surface area contributed by atoms with E-state index < -0.39 is 6.10 Å². The monoisotopic (exact) mass is 288 g/mol. The number of carbonyl (C=O) groups excluding carboxylic acids is 1. The van der Waals surface area contributed by atoms with Crippen molar-refractivity contribution < 1.29 is 9.53 Å². The second kappa shape index (κ2) is 6.55. The molecule has 1 amide bonds. The number of morpholine rings is 1. The van der Waals surface area contributed by atoms with Crippen LogP contribution in [0.15, 0.2) is 12.1 Å². The van der Waals surface area contributed by atoms with Gasteiger partial charge in [0.05, 0.1) is 19.2 Å². The maximum atomic E-state index is 12.6. The molecule has 0 aliphatic carbocycles. The van der Waals surface area contributed by atoms with Crippen molar-refractivity contribution in [1.29, 1.82) is 5.26 Å². The van der Waals surface area contributed by atoms with Crippen molar-refractivity contribution in [2.45, 2.75) is 25.9 Å². The van der Waals surface area contributed by atoms with E-state index in [9.17, 15) is 4.79 Å². The molecule has 1 atom stereocenters. The van der Waals surface area contributed by atoms with Gasteiger partial charge in [-0.15, -0.1) is 0 Å². The van der Waals surface area contributed by atoms with E-state index in [-0.39, 0.29) is 11.8 Å². The number of amides is 1. The van der Waals surface area contributed by atoms with Crippen LogP contribution in [0.1, 0.15) is 35.8 Å². The molecule has 1 fully saturated rings. The van der Waals surface area contributed by atoms with Crippen molar-refractivity contribution in [2.24, 2.45) is 0 Å². The summed E-state index contributed by atoms with van der Waals surface area (Å²) in [6, 6.07) is 5.62. The Bertz CT molecular complexity index is 565. The molecule has 1 aliphatic rings. The fourth-order valence-electron chi connectivity index (χ4n) is 2.19. The highest BCUT2D eigenvalue weighted by atomic mass is 16.5. The third kappa shape index (κ3) is 3.50. The molecule has 0 spiro atoms. The van der Waals surface area contributed by atoms with Crippen LogP contribution < -0.4 is 5.32 Å². The van der Waals surface area contributed by atoms with E-state index in [1.165, 1.54) is 0 Å². The molecular weight excluding hydrogens is 268 g/mol. The van der Waals surface area contributed by atoms with Crippen molar-refractivity contribution >= 4 is 11.7 Å². The Morgan fingerprint density at radius 2 is 2.33 bits per heavy atom. The van der Waals surface area contributed by atoms with Crippen LogP contribution in [-0.2, 0) is 4.74 Å². The standard InChI is InChI=1S/C15H20N4O2/c1-10(2)13-6-11(7-14(17-3)18-13)15(20)19-4-5-21-12(8-16)9-19/h6-7,10,12H,4-5,9H2,1-3H3,(H,17,18). The number of anilines is 1. The molecule has 1 unspecified atom stereocenters. The van der Waals surface area contributed by atoms with E-state index in [4.69, 9.17) is 10.00 Å². The van der Waals surface area contributed by atoms with Crippen molar-refractivity contribution in [3.05, 3.63) is 23.4 Å². The molecule has 112 valence electrons. The molecule has 0 aromatic carbocycles. The summed E-state index contributed by atoms with van der Waals surface area (Å²) in [5, 5.41) is 11.9. The molecule has 2 rings (SSSR count). The average Bonchev–Trinajstić information content (AvgIpc) is 2.53. The number of carbonyl (C=O) groups is 1. The normalized spacial score (nSPS) is 18.4. The molecule has 1 saturated heterocycles. The van der Waals surface area contributed by atoms with Gasteiger partial charge in [-0.25, -0.2) is 4.98 Å². The number of ether oxygens (including phenoxy) is 1. The van der Waals surface area contributed by atoms with Crippen LogP contribution in [0.5, 0.6) is 0 Å². The average molecular weight is 288 g/mol. The highest BCUT2D eigenvalue weighted by Crippen LogP contribution is 2.19. The summed E-state index contributed by atoms with van der Waals surface area (Å²) < 4.78 is 5.27. The largest absolute Gasteiger partial charge is 0.373 e. The SMILES string of the molecule is CNc1cc(C(=O)N2CCOC(C#N)C2)cc(C(C)C)n1. The highest BCUT2D eigenvalue weighted by molar-refractivity contribution is 5.95. The molecule has 6 heteroatoms. The topological polar surface area (TPSA) is 78.3 Å². The van der Waals surface area contributed by atoms with E-state index in [0.717, 1.165) is 5.69 Å². The summed E-state index contributed by atoms with van der Waals surface area (Å²) in [6.07, 6.45) is -0.544. The molecule has 21 heavy (non-hydrogen) atoms. The molecule has 2 heterocycles. The zero-order valence-corrected chi connectivity index (χ0v) is 12.6. The molecule has 1 aromatic heterocycles. The fourth-order valence-corrected chi connectivity index (χ4v) is 2.19. The van der Waals surface area contributed by atoms with E-state index >= 15 is 0 Å². The summed E-state index contributed by atoms with van der Waals surface area (Å²) in [5.74, 6) is 0.829. The van der Waals surface area contributed by atoms with Gasteiger partial charge in [0.15, 0.2) is 6.10 Å². The van der Waals surface area contributed by atoms with Gasteiger partial charge >= 0.3 is 0 Å². The molecule has 1 aliphatic heterocycles. The molecule has 0 bridgehead atoms. The van der Waals surface area contributed by atoms with E-state index in [1.807, 2.05) is 19.9 Å². The fraction of sp³-hybridized carbons (Fsp3) is 0.533. The van der Waals surface area contributed by atoms with Crippen molar-refractivity contribution in [3.63, 3.8) is 0 Å². The van der Waals surface area contributed by atoms with Gasteiger partial charge < -0.3 is 15.0 Å². The number of nitrogens with zero attached hydrogens (tertiary/aromatic N) is 3. The number of aromatic nitrogens is 1. The van der Waals surface area contributed by atoms with Gasteiger partial charge in [-0.1, -0.05) is 13.8 Å². The predicted octanol–water partition coefficient (Wildman–Crippen LogP) is 1.61. The lowest BCUT2D eigenvalue weighted by molar-refractivity contribution is 0.00346. The maximum absolute atomic E-state index is 12.6. The van der Waals surface area contributed by atoms with Crippen LogP contribution >= 0.6 is 0 Å². The van der Waals surface area contributed by atoms with Gasteiger partial charge in [-0.05, 0) is 18.1 Å². The molecule has 1 N–H and O–H groups in total. The summed E-state index contributed by atoms with van der Waals surface area (Å²) in [6.45, 7) is 5.28. The quantitative estimate of drug-likeness (QED) is 0.914. The number of hydrogen-bond donors (Lipinski definition) is 1. The van der Waals surface area contributed by atoms with Crippen LogP contribution in [0, 0.1) is 11.3 Å². The molecule has 6 nitrogen and oxygen atoms in total. The highest BCUT2D eigenvalue weighted by Gasteiger charge is 2.25. The van der Waals surface area contributed by atoms with Crippen LogP contribution in [0.2, 0.25) is 0 Å². The van der Waals surface area contributed by atoms with Gasteiger partial charge in [0.2, 0.25) is 0 Å². The van der Waals surface area contributed by atoms with E-state index in [0.29, 0.717) is 31.1 Å². The Kier molecular flexibility index (Phi) is 4.76. The number of hydrogen-bond acceptors (Lipinski definition) is 5. The van der Waals surface area contributed by atoms with Crippen LogP contribution in [0.4, 0.5) is 5.82 Å². The Labute approximate surface area is 124 Å². The van der Waals surface area contributed by atoms with Crippen molar-refractivity contribution in [1.82, 2.24) is 9.88 Å². The first kappa shape index (κ1) is 15.3. The lowest BCUT2D eigenvalue weighted by Crippen LogP contribution is -2.45. The van der Waals surface area contributed by atoms with E-state index in [2.05, 4.69) is 16.4 Å². The Morgan fingerprint density at radius 1 is 1.57 bits per heavy atom. The maximum Gasteiger partial charge on any atom is 0.254 e. The Hall–Kier alpha value is -2.13. The lowest BCUT2D eigenvalue weighted by atomic mass is 10.1. The summed E-state index contributed by atoms with van der Waals surface area (Å²) in [7, 11) is 1.78. The second-order valence-corrected chi connectivity index (χ2v) is 5.31. The predicted molar refractivity (Wildman–Crippen MR) is 79.1 cm³/mol. The first-order valence-corrected chi connectivity index (χ1v) is 7.05. The molecule has 0 saturated carbocycles. The summed E-state index contributed by atoms with van der Waals surface area (Å²) in [5.41, 5.74) is 1.46. The van der Waals surface area contributed by atoms with Crippen LogP contribution in [-0.4, -0.2) is 48.6 Å². The minimum atomic E-state index is -0.544. The van der Waals surface area contributed by atoms with E-state index in [1.54, 1.807) is 18.0 Å². The summed E-state index contributed by atoms with van der Waals surface area (Å²) >= 11 is 0. The van der Waals surface area contributed by atoms with Crippen molar-refractivity contribution in [3.8, 4) is 6.07 Å². The second-order valence-electron chi connectivity index (χ2n) is 5.31. The van der Waals surface area contributed by atoms with Crippen LogP contribution in [0.3, 0.4) is 0 Å². The third-order valence-electron chi connectivity index (χ3n) is 3.44. The first-order valence-electron chi connectivity index (χ1n) is 7.05. The lowest BCUT2D eigenvalue weighted by Gasteiger charge is -2.30. The number of pyridine rings is 1. The van der Waals surface area contributed by atoms with Gasteiger partial charge in [-0.2, -0.15) is 5.26 Å². The van der Waals surface area contributed by atoms with Gasteiger partial charge in [-0.3, -0.25) is 4.79 Å². The van der Waals surface area contributed by atoms with Gasteiger partial charge in [0.1, 0.15) is 5.82 Å². The molecular formula is C15H20N4O2. The zero-order valence-electron chi connectivity index (χ0n) is 12.6. The third-order valence-corrected chi connectivity index (χ3v) is 3.44. The summed E-state index contributed by atoms with van der Waals surface area (Å²) in [4.78, 5) is 18.7. The van der Waals surface area contributed by atoms with Crippen molar-refractivity contribution in [2.75, 3.05) is 32.1 Å². The number of rotatable bonds is 3. The number of nitrogens with one attached hydrogen (secondary N) is 1. The van der Waals surface area contributed by atoms with Gasteiger partial charge in [0.25, 0.3) is 5.91 Å². The minimum absolute atomic E-state index is 0.0839. The first-order chi connectivity index (χ1) is 10.0. The smallest absolute Gasteiger partial charge is 0.254 e. The zero-order chi connectivity index (χ0) is 15.4. The minimum Gasteiger partial charge on any atom is -0.373 e. The number of nitriles is 1. The Morgan fingerprint density at radius 3 is 2.95 bits per heavy atom. The van der Waals surface area contributed by atoms with Gasteiger partial charge in [0, 0.05) is 24.8 Å². The molecule has 0 radical (unpaired) electrons. The molecule has 1 aromatic rings.